The lowest BCUT2D eigenvalue weighted by Gasteiger charge is -2.11. The minimum absolute atomic E-state index is 0.127. The molecule has 23 heavy (non-hydrogen) atoms. The molecule has 0 aliphatic carbocycles. The molecule has 2 aromatic rings. The maximum Gasteiger partial charge on any atom is 0.308 e. The van der Waals surface area contributed by atoms with Crippen molar-refractivity contribution in [2.75, 3.05) is 6.54 Å². The lowest BCUT2D eigenvalue weighted by Crippen LogP contribution is -2.32. The first-order valence-corrected chi connectivity index (χ1v) is 8.21. The van der Waals surface area contributed by atoms with Crippen molar-refractivity contribution in [2.24, 2.45) is 13.0 Å². The van der Waals surface area contributed by atoms with Gasteiger partial charge in [0.1, 0.15) is 9.88 Å². The Labute approximate surface area is 138 Å². The van der Waals surface area contributed by atoms with E-state index in [-0.39, 0.29) is 12.5 Å². The summed E-state index contributed by atoms with van der Waals surface area (Å²) in [6, 6.07) is 0. The fourth-order valence-corrected chi connectivity index (χ4v) is 3.18. The number of thiazole rings is 1. The van der Waals surface area contributed by atoms with Crippen LogP contribution in [-0.4, -0.2) is 38.3 Å². The third-order valence-corrected chi connectivity index (χ3v) is 4.66. The van der Waals surface area contributed by atoms with Crippen LogP contribution in [-0.2, 0) is 11.8 Å². The van der Waals surface area contributed by atoms with Crippen LogP contribution in [0.3, 0.4) is 0 Å². The van der Waals surface area contributed by atoms with Crippen molar-refractivity contribution < 1.29 is 14.7 Å². The largest absolute Gasteiger partial charge is 0.481 e. The van der Waals surface area contributed by atoms with Crippen molar-refractivity contribution >= 4 is 23.2 Å². The molecule has 1 atom stereocenters. The van der Waals surface area contributed by atoms with Gasteiger partial charge in [0.15, 0.2) is 0 Å². The third-order valence-electron chi connectivity index (χ3n) is 3.45. The predicted octanol–water partition coefficient (Wildman–Crippen LogP) is 2.08. The number of rotatable bonds is 7. The third kappa shape index (κ3) is 4.16. The van der Waals surface area contributed by atoms with Gasteiger partial charge in [-0.15, -0.1) is 11.3 Å². The Hall–Kier alpha value is -2.22. The molecule has 1 amide bonds. The second kappa shape index (κ2) is 7.36. The zero-order valence-corrected chi connectivity index (χ0v) is 14.2. The monoisotopic (exact) mass is 336 g/mol. The van der Waals surface area contributed by atoms with E-state index < -0.39 is 11.9 Å². The van der Waals surface area contributed by atoms with Gasteiger partial charge in [0, 0.05) is 25.4 Å². The number of nitrogens with zero attached hydrogens (tertiary/aromatic N) is 3. The highest BCUT2D eigenvalue weighted by molar-refractivity contribution is 7.17. The molecule has 8 heteroatoms. The van der Waals surface area contributed by atoms with Crippen LogP contribution >= 0.6 is 11.3 Å². The summed E-state index contributed by atoms with van der Waals surface area (Å²) in [7, 11) is 1.82. The average molecular weight is 336 g/mol. The molecule has 7 nitrogen and oxygen atoms in total. The van der Waals surface area contributed by atoms with Crippen LogP contribution in [0.5, 0.6) is 0 Å². The normalized spacial score (nSPS) is 12.1. The van der Waals surface area contributed by atoms with Crippen LogP contribution in [0.15, 0.2) is 12.4 Å². The van der Waals surface area contributed by atoms with Crippen molar-refractivity contribution in [2.45, 2.75) is 26.7 Å². The van der Waals surface area contributed by atoms with Crippen molar-refractivity contribution in [3.8, 4) is 10.6 Å². The zero-order valence-electron chi connectivity index (χ0n) is 13.4. The van der Waals surface area contributed by atoms with Gasteiger partial charge in [-0.2, -0.15) is 5.10 Å². The molecule has 2 N–H and O–H groups in total. The topological polar surface area (TPSA) is 97.1 Å². The van der Waals surface area contributed by atoms with Crippen LogP contribution < -0.4 is 5.32 Å². The molecule has 0 aliphatic heterocycles. The number of aryl methyl sites for hydroxylation is 2. The van der Waals surface area contributed by atoms with Crippen LogP contribution in [0.2, 0.25) is 0 Å². The van der Waals surface area contributed by atoms with E-state index in [9.17, 15) is 9.59 Å². The quantitative estimate of drug-likeness (QED) is 0.807. The van der Waals surface area contributed by atoms with Crippen LogP contribution in [0.1, 0.15) is 35.1 Å². The van der Waals surface area contributed by atoms with E-state index in [1.807, 2.05) is 20.2 Å². The van der Waals surface area contributed by atoms with Gasteiger partial charge in [0.2, 0.25) is 0 Å². The van der Waals surface area contributed by atoms with Gasteiger partial charge in [-0.05, 0) is 13.3 Å². The summed E-state index contributed by atoms with van der Waals surface area (Å²) in [5, 5.41) is 16.7. The van der Waals surface area contributed by atoms with E-state index >= 15 is 0 Å². The highest BCUT2D eigenvalue weighted by Gasteiger charge is 2.20. The number of aliphatic carboxylic acids is 1. The molecule has 0 radical (unpaired) electrons. The molecule has 124 valence electrons. The number of hydrogen-bond acceptors (Lipinski definition) is 5. The van der Waals surface area contributed by atoms with Gasteiger partial charge in [0.25, 0.3) is 5.91 Å². The molecule has 2 aromatic heterocycles. The molecule has 2 heterocycles. The summed E-state index contributed by atoms with van der Waals surface area (Å²) in [5.41, 5.74) is 1.49. The number of amides is 1. The fraction of sp³-hybridized carbons (Fsp3) is 0.467. The maximum atomic E-state index is 12.3. The summed E-state index contributed by atoms with van der Waals surface area (Å²) in [4.78, 5) is 28.3. The average Bonchev–Trinajstić information content (AvgIpc) is 3.08. The Morgan fingerprint density at radius 3 is 2.78 bits per heavy atom. The van der Waals surface area contributed by atoms with Crippen molar-refractivity contribution in [1.82, 2.24) is 20.1 Å². The minimum atomic E-state index is -0.885. The molecular formula is C15H20N4O3S. The SMILES string of the molecule is CCCC(CNC(=O)c1sc(-c2cnn(C)c2)nc1C)C(=O)O. The summed E-state index contributed by atoms with van der Waals surface area (Å²) in [6.07, 6.45) is 4.83. The highest BCUT2D eigenvalue weighted by Crippen LogP contribution is 2.27. The van der Waals surface area contributed by atoms with Gasteiger partial charge in [-0.1, -0.05) is 13.3 Å². The molecule has 1 unspecified atom stereocenters. The predicted molar refractivity (Wildman–Crippen MR) is 87.4 cm³/mol. The Kier molecular flexibility index (Phi) is 5.49. The lowest BCUT2D eigenvalue weighted by molar-refractivity contribution is -0.141. The Balaban J connectivity index is 2.08. The fourth-order valence-electron chi connectivity index (χ4n) is 2.22. The smallest absolute Gasteiger partial charge is 0.308 e. The van der Waals surface area contributed by atoms with Gasteiger partial charge >= 0.3 is 5.97 Å². The lowest BCUT2D eigenvalue weighted by atomic mass is 10.0. The molecule has 0 saturated carbocycles. The Morgan fingerprint density at radius 2 is 2.22 bits per heavy atom. The molecule has 0 fully saturated rings. The molecule has 2 rings (SSSR count). The Morgan fingerprint density at radius 1 is 1.48 bits per heavy atom. The number of hydrogen-bond donors (Lipinski definition) is 2. The number of nitrogens with one attached hydrogen (secondary N) is 1. The number of aromatic nitrogens is 3. The van der Waals surface area contributed by atoms with Crippen molar-refractivity contribution in [3.63, 3.8) is 0 Å². The van der Waals surface area contributed by atoms with Crippen molar-refractivity contribution in [3.05, 3.63) is 23.0 Å². The molecule has 0 saturated heterocycles. The number of carbonyl (C=O) groups is 2. The molecule has 0 bridgehead atoms. The minimum Gasteiger partial charge on any atom is -0.481 e. The summed E-state index contributed by atoms with van der Waals surface area (Å²) in [6.45, 7) is 3.82. The standard InChI is InChI=1S/C15H20N4O3S/c1-4-5-10(15(21)22)6-16-13(20)12-9(2)18-14(23-12)11-7-17-19(3)8-11/h7-8,10H,4-6H2,1-3H3,(H,16,20)(H,21,22). The van der Waals surface area contributed by atoms with Gasteiger partial charge < -0.3 is 10.4 Å². The van der Waals surface area contributed by atoms with Crippen LogP contribution in [0, 0.1) is 12.8 Å². The van der Waals surface area contributed by atoms with Crippen LogP contribution in [0.4, 0.5) is 0 Å². The maximum absolute atomic E-state index is 12.3. The number of carboxylic acids is 1. The highest BCUT2D eigenvalue weighted by atomic mass is 32.1. The van der Waals surface area contributed by atoms with E-state index in [1.165, 1.54) is 11.3 Å². The van der Waals surface area contributed by atoms with E-state index in [4.69, 9.17) is 5.11 Å². The van der Waals surface area contributed by atoms with Gasteiger partial charge in [0.05, 0.1) is 17.8 Å². The summed E-state index contributed by atoms with van der Waals surface area (Å²) in [5.74, 6) is -1.73. The first kappa shape index (κ1) is 17.1. The molecule has 0 spiro atoms. The first-order chi connectivity index (χ1) is 10.9. The second-order valence-corrected chi connectivity index (χ2v) is 6.37. The second-order valence-electron chi connectivity index (χ2n) is 5.37. The summed E-state index contributed by atoms with van der Waals surface area (Å²) >= 11 is 1.28. The molecule has 0 aliphatic rings. The first-order valence-electron chi connectivity index (χ1n) is 7.39. The van der Waals surface area contributed by atoms with Gasteiger partial charge in [-0.3, -0.25) is 14.3 Å². The summed E-state index contributed by atoms with van der Waals surface area (Å²) < 4.78 is 1.67. The number of carbonyl (C=O) groups excluding carboxylic acids is 1. The van der Waals surface area contributed by atoms with Crippen molar-refractivity contribution in [1.29, 1.82) is 0 Å². The Bertz CT molecular complexity index is 707. The van der Waals surface area contributed by atoms with E-state index in [2.05, 4.69) is 15.4 Å². The van der Waals surface area contributed by atoms with E-state index in [1.54, 1.807) is 17.8 Å². The zero-order chi connectivity index (χ0) is 17.0. The number of carboxylic acid groups (broad SMARTS) is 1. The van der Waals surface area contributed by atoms with E-state index in [0.29, 0.717) is 17.0 Å². The van der Waals surface area contributed by atoms with Gasteiger partial charge in [-0.25, -0.2) is 4.98 Å². The van der Waals surface area contributed by atoms with E-state index in [0.717, 1.165) is 17.0 Å². The molecular weight excluding hydrogens is 316 g/mol. The van der Waals surface area contributed by atoms with Crippen LogP contribution in [0.25, 0.3) is 10.6 Å². The molecule has 0 aromatic carbocycles.